The van der Waals surface area contributed by atoms with Crippen LogP contribution < -0.4 is 5.69 Å². The summed E-state index contributed by atoms with van der Waals surface area (Å²) in [5, 5.41) is 11.0. The van der Waals surface area contributed by atoms with Crippen molar-refractivity contribution >= 4 is 23.2 Å². The first-order chi connectivity index (χ1) is 9.95. The zero-order valence-electron chi connectivity index (χ0n) is 11.0. The summed E-state index contributed by atoms with van der Waals surface area (Å²) in [6.45, 7) is 1.73. The Morgan fingerprint density at radius 2 is 2.05 bits per heavy atom. The van der Waals surface area contributed by atoms with E-state index in [1.54, 1.807) is 13.0 Å². The Balaban J connectivity index is 2.04. The minimum atomic E-state index is -0.522. The molecule has 0 amide bonds. The van der Waals surface area contributed by atoms with Gasteiger partial charge >= 0.3 is 5.69 Å². The van der Waals surface area contributed by atoms with E-state index in [0.717, 1.165) is 11.8 Å². The molecule has 0 atom stereocenters. The van der Waals surface area contributed by atoms with Gasteiger partial charge in [0.2, 0.25) is 0 Å². The van der Waals surface area contributed by atoms with E-state index in [2.05, 4.69) is 9.97 Å². The smallest absolute Gasteiger partial charge is 0.310 e. The van der Waals surface area contributed by atoms with Crippen molar-refractivity contribution in [3.05, 3.63) is 62.2 Å². The number of thioether (sulfide) groups is 1. The number of carbonyl (C=O) groups excluding carboxylic acids is 1. The Bertz CT molecular complexity index is 740. The van der Waals surface area contributed by atoms with Gasteiger partial charge in [0.15, 0.2) is 5.78 Å². The molecule has 7 nitrogen and oxygen atoms in total. The van der Waals surface area contributed by atoms with Crippen molar-refractivity contribution < 1.29 is 9.72 Å². The maximum atomic E-state index is 12.0. The molecule has 1 heterocycles. The van der Waals surface area contributed by atoms with Gasteiger partial charge in [-0.3, -0.25) is 14.9 Å². The molecule has 0 fully saturated rings. The van der Waals surface area contributed by atoms with Crippen LogP contribution in [-0.4, -0.2) is 26.4 Å². The normalized spacial score (nSPS) is 10.3. The van der Waals surface area contributed by atoms with Crippen LogP contribution in [0.1, 0.15) is 16.1 Å². The van der Waals surface area contributed by atoms with Crippen LogP contribution in [-0.2, 0) is 0 Å². The van der Waals surface area contributed by atoms with Gasteiger partial charge in [0.25, 0.3) is 5.69 Å². The summed E-state index contributed by atoms with van der Waals surface area (Å²) >= 11 is 1.15. The van der Waals surface area contributed by atoms with Gasteiger partial charge in [-0.05, 0) is 25.1 Å². The lowest BCUT2D eigenvalue weighted by Gasteiger charge is -2.01. The Hall–Kier alpha value is -2.48. The van der Waals surface area contributed by atoms with Crippen molar-refractivity contribution in [3.8, 4) is 0 Å². The molecule has 0 aliphatic heterocycles. The van der Waals surface area contributed by atoms with Crippen molar-refractivity contribution in [2.75, 3.05) is 5.75 Å². The Morgan fingerprint density at radius 1 is 1.38 bits per heavy atom. The SMILES string of the molecule is Cc1cc(SCC(=O)c2ccc([N+](=O)[O-])cc2)nc(=O)[nH]1. The lowest BCUT2D eigenvalue weighted by Crippen LogP contribution is -2.12. The number of aromatic nitrogens is 2. The van der Waals surface area contributed by atoms with Crippen molar-refractivity contribution in [3.63, 3.8) is 0 Å². The van der Waals surface area contributed by atoms with E-state index in [9.17, 15) is 19.7 Å². The third-order valence-corrected chi connectivity index (χ3v) is 3.52. The lowest BCUT2D eigenvalue weighted by molar-refractivity contribution is -0.384. The fourth-order valence-corrected chi connectivity index (χ4v) is 2.47. The summed E-state index contributed by atoms with van der Waals surface area (Å²) in [5.74, 6) is -0.0807. The van der Waals surface area contributed by atoms with Crippen LogP contribution in [0.2, 0.25) is 0 Å². The van der Waals surface area contributed by atoms with Gasteiger partial charge in [0, 0.05) is 23.4 Å². The zero-order chi connectivity index (χ0) is 15.4. The number of hydrogen-bond acceptors (Lipinski definition) is 6. The number of Topliss-reactive ketones (excluding diaryl/α,β-unsaturated/α-hetero) is 1. The Morgan fingerprint density at radius 3 is 2.62 bits per heavy atom. The van der Waals surface area contributed by atoms with Crippen molar-refractivity contribution in [2.24, 2.45) is 0 Å². The number of non-ortho nitro benzene ring substituents is 1. The number of nitro groups is 1. The molecule has 0 unspecified atom stereocenters. The fraction of sp³-hybridized carbons (Fsp3) is 0.154. The summed E-state index contributed by atoms with van der Waals surface area (Å²) in [6, 6.07) is 7.07. The summed E-state index contributed by atoms with van der Waals surface area (Å²) in [6.07, 6.45) is 0. The molecule has 0 spiro atoms. The van der Waals surface area contributed by atoms with Crippen LogP contribution >= 0.6 is 11.8 Å². The molecule has 0 bridgehead atoms. The zero-order valence-corrected chi connectivity index (χ0v) is 11.8. The van der Waals surface area contributed by atoms with Crippen molar-refractivity contribution in [1.29, 1.82) is 0 Å². The summed E-state index contributed by atoms with van der Waals surface area (Å²) in [4.78, 5) is 39.4. The lowest BCUT2D eigenvalue weighted by atomic mass is 10.1. The standard InChI is InChI=1S/C13H11N3O4S/c1-8-6-12(15-13(18)14-8)21-7-11(17)9-2-4-10(5-3-9)16(19)20/h2-6H,7H2,1H3,(H,14,15,18). The predicted molar refractivity (Wildman–Crippen MR) is 77.7 cm³/mol. The van der Waals surface area contributed by atoms with E-state index in [1.807, 2.05) is 0 Å². The number of aromatic amines is 1. The minimum absolute atomic E-state index is 0.0638. The number of nitro benzene ring substituents is 1. The van der Waals surface area contributed by atoms with Crippen molar-refractivity contribution in [2.45, 2.75) is 11.9 Å². The molecule has 1 aromatic carbocycles. The molecule has 1 aromatic heterocycles. The van der Waals surface area contributed by atoms with E-state index >= 15 is 0 Å². The summed E-state index contributed by atoms with van der Waals surface area (Å²) in [7, 11) is 0. The number of benzene rings is 1. The largest absolute Gasteiger partial charge is 0.346 e. The van der Waals surface area contributed by atoms with Gasteiger partial charge in [0.05, 0.1) is 10.7 Å². The van der Waals surface area contributed by atoms with Gasteiger partial charge in [-0.15, -0.1) is 0 Å². The second-order valence-corrected chi connectivity index (χ2v) is 5.22. The minimum Gasteiger partial charge on any atom is -0.310 e. The molecule has 2 rings (SSSR count). The van der Waals surface area contributed by atoms with E-state index < -0.39 is 10.6 Å². The maximum Gasteiger partial charge on any atom is 0.346 e. The number of nitrogens with zero attached hydrogens (tertiary/aromatic N) is 2. The van der Waals surface area contributed by atoms with Crippen LogP contribution in [0.5, 0.6) is 0 Å². The van der Waals surface area contributed by atoms with Crippen LogP contribution in [0, 0.1) is 17.0 Å². The highest BCUT2D eigenvalue weighted by Gasteiger charge is 2.10. The first-order valence-electron chi connectivity index (χ1n) is 5.94. The Kier molecular flexibility index (Phi) is 4.49. The number of nitrogens with one attached hydrogen (secondary N) is 1. The first-order valence-corrected chi connectivity index (χ1v) is 6.92. The molecule has 0 radical (unpaired) electrons. The molecule has 8 heteroatoms. The number of ketones is 1. The van der Waals surface area contributed by atoms with Crippen LogP contribution in [0.15, 0.2) is 40.2 Å². The molecule has 2 aromatic rings. The fourth-order valence-electron chi connectivity index (χ4n) is 1.62. The topological polar surface area (TPSA) is 106 Å². The maximum absolute atomic E-state index is 12.0. The third kappa shape index (κ3) is 3.99. The van der Waals surface area contributed by atoms with Gasteiger partial charge in [-0.1, -0.05) is 11.8 Å². The predicted octanol–water partition coefficient (Wildman–Crippen LogP) is 1.96. The van der Waals surface area contributed by atoms with E-state index in [1.165, 1.54) is 24.3 Å². The highest BCUT2D eigenvalue weighted by atomic mass is 32.2. The van der Waals surface area contributed by atoms with Gasteiger partial charge < -0.3 is 4.98 Å². The second kappa shape index (κ2) is 6.31. The third-order valence-electron chi connectivity index (χ3n) is 2.61. The molecule has 0 saturated heterocycles. The average molecular weight is 305 g/mol. The molecule has 0 saturated carbocycles. The van der Waals surface area contributed by atoms with Crippen LogP contribution in [0.25, 0.3) is 0 Å². The Labute approximate surface area is 123 Å². The van der Waals surface area contributed by atoms with Gasteiger partial charge in [-0.2, -0.15) is 4.98 Å². The number of aryl methyl sites for hydroxylation is 1. The van der Waals surface area contributed by atoms with Crippen LogP contribution in [0.4, 0.5) is 5.69 Å². The van der Waals surface area contributed by atoms with Gasteiger partial charge in [-0.25, -0.2) is 4.79 Å². The van der Waals surface area contributed by atoms with Crippen molar-refractivity contribution in [1.82, 2.24) is 9.97 Å². The number of carbonyl (C=O) groups is 1. The second-order valence-electron chi connectivity index (χ2n) is 4.22. The molecule has 108 valence electrons. The molecular formula is C13H11N3O4S. The average Bonchev–Trinajstić information content (AvgIpc) is 2.44. The highest BCUT2D eigenvalue weighted by Crippen LogP contribution is 2.18. The summed E-state index contributed by atoms with van der Waals surface area (Å²) < 4.78 is 0. The van der Waals surface area contributed by atoms with E-state index in [-0.39, 0.29) is 17.2 Å². The molecule has 1 N–H and O–H groups in total. The molecule has 0 aliphatic carbocycles. The van der Waals surface area contributed by atoms with E-state index in [4.69, 9.17) is 0 Å². The highest BCUT2D eigenvalue weighted by molar-refractivity contribution is 7.99. The molecule has 21 heavy (non-hydrogen) atoms. The first kappa shape index (κ1) is 14.9. The van der Waals surface area contributed by atoms with Crippen LogP contribution in [0.3, 0.4) is 0 Å². The van der Waals surface area contributed by atoms with E-state index in [0.29, 0.717) is 16.3 Å². The number of hydrogen-bond donors (Lipinski definition) is 1. The number of H-pyrrole nitrogens is 1. The molecular weight excluding hydrogens is 294 g/mol. The molecule has 0 aliphatic rings. The van der Waals surface area contributed by atoms with Gasteiger partial charge in [0.1, 0.15) is 5.03 Å². The number of rotatable bonds is 5. The quantitative estimate of drug-likeness (QED) is 0.297. The monoisotopic (exact) mass is 305 g/mol. The summed E-state index contributed by atoms with van der Waals surface area (Å²) in [5.41, 5.74) is 0.529.